The van der Waals surface area contributed by atoms with Gasteiger partial charge in [-0.3, -0.25) is 4.90 Å². The molecule has 0 saturated carbocycles. The standard InChI is InChI=1S/C17H25N5/c1-2-21-10-6-9-16(21)11-18-12-17-13-19-20-22(17)14-15-7-4-3-5-8-15/h3-5,7-8,13,16,18H,2,6,9-12,14H2,1H3. The number of nitrogens with zero attached hydrogens (tertiary/aromatic N) is 4. The highest BCUT2D eigenvalue weighted by Crippen LogP contribution is 2.15. The van der Waals surface area contributed by atoms with Crippen LogP contribution < -0.4 is 5.32 Å². The van der Waals surface area contributed by atoms with E-state index in [-0.39, 0.29) is 0 Å². The van der Waals surface area contributed by atoms with E-state index in [0.717, 1.165) is 31.9 Å². The highest BCUT2D eigenvalue weighted by molar-refractivity contribution is 5.15. The Hall–Kier alpha value is -1.72. The molecule has 3 rings (SSSR count). The molecule has 0 amide bonds. The molecule has 1 unspecified atom stereocenters. The lowest BCUT2D eigenvalue weighted by Gasteiger charge is -2.22. The van der Waals surface area contributed by atoms with Crippen LogP contribution in [0, 0.1) is 0 Å². The molecule has 1 atom stereocenters. The third kappa shape index (κ3) is 3.72. The first kappa shape index (κ1) is 15.2. The van der Waals surface area contributed by atoms with E-state index in [1.165, 1.54) is 24.9 Å². The average molecular weight is 299 g/mol. The number of hydrogen-bond acceptors (Lipinski definition) is 4. The molecular weight excluding hydrogens is 274 g/mol. The van der Waals surface area contributed by atoms with Crippen LogP contribution in [0.5, 0.6) is 0 Å². The van der Waals surface area contributed by atoms with Crippen LogP contribution in [0.25, 0.3) is 0 Å². The van der Waals surface area contributed by atoms with Crippen molar-refractivity contribution in [2.75, 3.05) is 19.6 Å². The molecule has 1 aliphatic heterocycles. The fourth-order valence-electron chi connectivity index (χ4n) is 3.21. The van der Waals surface area contributed by atoms with Gasteiger partial charge in [0.25, 0.3) is 0 Å². The molecule has 1 N–H and O–H groups in total. The Balaban J connectivity index is 1.52. The summed E-state index contributed by atoms with van der Waals surface area (Å²) in [6, 6.07) is 11.1. The molecule has 5 nitrogen and oxygen atoms in total. The molecule has 22 heavy (non-hydrogen) atoms. The van der Waals surface area contributed by atoms with Crippen molar-refractivity contribution >= 4 is 0 Å². The highest BCUT2D eigenvalue weighted by atomic mass is 15.4. The Kier molecular flexibility index (Phi) is 5.19. The van der Waals surface area contributed by atoms with Crippen molar-refractivity contribution in [2.45, 2.75) is 38.9 Å². The van der Waals surface area contributed by atoms with Gasteiger partial charge in [-0.05, 0) is 31.5 Å². The van der Waals surface area contributed by atoms with Gasteiger partial charge in [-0.2, -0.15) is 0 Å². The smallest absolute Gasteiger partial charge is 0.0738 e. The van der Waals surface area contributed by atoms with Crippen LogP contribution in [0.15, 0.2) is 36.5 Å². The van der Waals surface area contributed by atoms with Crippen LogP contribution >= 0.6 is 0 Å². The maximum atomic E-state index is 4.21. The number of hydrogen-bond donors (Lipinski definition) is 1. The first-order valence-electron chi connectivity index (χ1n) is 8.23. The van der Waals surface area contributed by atoms with Gasteiger partial charge in [-0.15, -0.1) is 5.10 Å². The summed E-state index contributed by atoms with van der Waals surface area (Å²) in [5.74, 6) is 0. The topological polar surface area (TPSA) is 46.0 Å². The van der Waals surface area contributed by atoms with E-state index in [1.807, 2.05) is 16.9 Å². The third-order valence-electron chi connectivity index (χ3n) is 4.46. The van der Waals surface area contributed by atoms with Crippen molar-refractivity contribution in [1.82, 2.24) is 25.2 Å². The van der Waals surface area contributed by atoms with Crippen molar-refractivity contribution in [3.05, 3.63) is 47.8 Å². The molecule has 1 aliphatic rings. The zero-order chi connectivity index (χ0) is 15.2. The van der Waals surface area contributed by atoms with Gasteiger partial charge < -0.3 is 5.32 Å². The zero-order valence-corrected chi connectivity index (χ0v) is 13.3. The number of nitrogens with one attached hydrogen (secondary N) is 1. The number of benzene rings is 1. The molecule has 0 radical (unpaired) electrons. The Morgan fingerprint density at radius 3 is 2.95 bits per heavy atom. The molecule has 1 saturated heterocycles. The van der Waals surface area contributed by atoms with E-state index in [9.17, 15) is 0 Å². The molecule has 2 heterocycles. The summed E-state index contributed by atoms with van der Waals surface area (Å²) in [6.07, 6.45) is 4.50. The minimum Gasteiger partial charge on any atom is -0.310 e. The van der Waals surface area contributed by atoms with E-state index >= 15 is 0 Å². The monoisotopic (exact) mass is 299 g/mol. The second-order valence-electron chi connectivity index (χ2n) is 5.92. The molecule has 0 aliphatic carbocycles. The summed E-state index contributed by atoms with van der Waals surface area (Å²) >= 11 is 0. The fourth-order valence-corrected chi connectivity index (χ4v) is 3.21. The lowest BCUT2D eigenvalue weighted by atomic mass is 10.2. The molecule has 0 spiro atoms. The number of likely N-dealkylation sites (tertiary alicyclic amines) is 1. The van der Waals surface area contributed by atoms with E-state index in [0.29, 0.717) is 6.04 Å². The van der Waals surface area contributed by atoms with Crippen molar-refractivity contribution in [1.29, 1.82) is 0 Å². The van der Waals surface area contributed by atoms with Crippen LogP contribution in [0.3, 0.4) is 0 Å². The molecule has 118 valence electrons. The second kappa shape index (κ2) is 7.51. The number of aromatic nitrogens is 3. The van der Waals surface area contributed by atoms with E-state index < -0.39 is 0 Å². The van der Waals surface area contributed by atoms with Gasteiger partial charge in [0.2, 0.25) is 0 Å². The van der Waals surface area contributed by atoms with Crippen molar-refractivity contribution in [3.8, 4) is 0 Å². The Morgan fingerprint density at radius 2 is 2.14 bits per heavy atom. The van der Waals surface area contributed by atoms with Crippen LogP contribution in [-0.2, 0) is 13.1 Å². The highest BCUT2D eigenvalue weighted by Gasteiger charge is 2.22. The normalized spacial score (nSPS) is 18.9. The molecule has 5 heteroatoms. The van der Waals surface area contributed by atoms with Gasteiger partial charge in [0.1, 0.15) is 0 Å². The number of likely N-dealkylation sites (N-methyl/N-ethyl adjacent to an activating group) is 1. The van der Waals surface area contributed by atoms with E-state index in [4.69, 9.17) is 0 Å². The molecule has 0 bridgehead atoms. The van der Waals surface area contributed by atoms with Gasteiger partial charge in [0, 0.05) is 19.1 Å². The predicted octanol–water partition coefficient (Wildman–Crippen LogP) is 1.90. The first-order valence-corrected chi connectivity index (χ1v) is 8.23. The van der Waals surface area contributed by atoms with Crippen LogP contribution in [0.1, 0.15) is 31.0 Å². The fraction of sp³-hybridized carbons (Fsp3) is 0.529. The maximum Gasteiger partial charge on any atom is 0.0738 e. The minimum atomic E-state index is 0.684. The summed E-state index contributed by atoms with van der Waals surface area (Å²) in [4.78, 5) is 2.56. The SMILES string of the molecule is CCN1CCCC1CNCc1cnnn1Cc1ccccc1. The Labute approximate surface area is 132 Å². The summed E-state index contributed by atoms with van der Waals surface area (Å²) in [5, 5.41) is 11.8. The van der Waals surface area contributed by atoms with Gasteiger partial charge in [-0.25, -0.2) is 4.68 Å². The Bertz CT molecular complexity index is 565. The van der Waals surface area contributed by atoms with Crippen molar-refractivity contribution in [2.24, 2.45) is 0 Å². The van der Waals surface area contributed by atoms with Crippen molar-refractivity contribution in [3.63, 3.8) is 0 Å². The van der Waals surface area contributed by atoms with Crippen LogP contribution in [-0.4, -0.2) is 45.6 Å². The number of rotatable bonds is 7. The van der Waals surface area contributed by atoms with Crippen LogP contribution in [0.4, 0.5) is 0 Å². The van der Waals surface area contributed by atoms with Gasteiger partial charge >= 0.3 is 0 Å². The summed E-state index contributed by atoms with van der Waals surface area (Å²) in [6.45, 7) is 7.30. The average Bonchev–Trinajstić information content (AvgIpc) is 3.18. The molecule has 1 aromatic carbocycles. The van der Waals surface area contributed by atoms with Gasteiger partial charge in [0.05, 0.1) is 18.4 Å². The quantitative estimate of drug-likeness (QED) is 0.848. The van der Waals surface area contributed by atoms with Gasteiger partial charge in [-0.1, -0.05) is 42.5 Å². The lowest BCUT2D eigenvalue weighted by molar-refractivity contribution is 0.259. The zero-order valence-electron chi connectivity index (χ0n) is 13.3. The minimum absolute atomic E-state index is 0.684. The van der Waals surface area contributed by atoms with Crippen molar-refractivity contribution < 1.29 is 0 Å². The largest absolute Gasteiger partial charge is 0.310 e. The summed E-state index contributed by atoms with van der Waals surface area (Å²) in [5.41, 5.74) is 2.40. The van der Waals surface area contributed by atoms with E-state index in [1.54, 1.807) is 0 Å². The summed E-state index contributed by atoms with van der Waals surface area (Å²) < 4.78 is 1.98. The summed E-state index contributed by atoms with van der Waals surface area (Å²) in [7, 11) is 0. The van der Waals surface area contributed by atoms with Crippen LogP contribution in [0.2, 0.25) is 0 Å². The maximum absolute atomic E-state index is 4.21. The molecule has 2 aromatic rings. The van der Waals surface area contributed by atoms with Gasteiger partial charge in [0.15, 0.2) is 0 Å². The lowest BCUT2D eigenvalue weighted by Crippen LogP contribution is -2.37. The van der Waals surface area contributed by atoms with E-state index in [2.05, 4.69) is 51.7 Å². The molecular formula is C17H25N5. The third-order valence-corrected chi connectivity index (χ3v) is 4.46. The second-order valence-corrected chi connectivity index (χ2v) is 5.92. The molecule has 1 aromatic heterocycles. The first-order chi connectivity index (χ1) is 10.9. The molecule has 1 fully saturated rings. The predicted molar refractivity (Wildman–Crippen MR) is 87.5 cm³/mol. The Morgan fingerprint density at radius 1 is 1.27 bits per heavy atom.